The average Bonchev–Trinajstić information content (AvgIpc) is 2.53. The van der Waals surface area contributed by atoms with E-state index in [0.29, 0.717) is 6.42 Å². The molecule has 0 aliphatic heterocycles. The first-order chi connectivity index (χ1) is 11.0. The molecule has 1 aromatic rings. The van der Waals surface area contributed by atoms with Gasteiger partial charge in [-0.3, -0.25) is 4.99 Å². The maximum atomic E-state index is 13.4. The van der Waals surface area contributed by atoms with Gasteiger partial charge in [-0.15, -0.1) is 13.2 Å². The largest absolute Gasteiger partial charge is 0.394 e. The van der Waals surface area contributed by atoms with Crippen LogP contribution in [0.5, 0.6) is 0 Å². The van der Waals surface area contributed by atoms with Gasteiger partial charge >= 0.3 is 0 Å². The third-order valence-corrected chi connectivity index (χ3v) is 3.38. The minimum Gasteiger partial charge on any atom is -0.394 e. The van der Waals surface area contributed by atoms with Crippen molar-refractivity contribution in [3.8, 4) is 0 Å². The molecule has 0 aromatic heterocycles. The molecule has 2 nitrogen and oxygen atoms in total. The van der Waals surface area contributed by atoms with Crippen molar-refractivity contribution < 1.29 is 4.39 Å². The van der Waals surface area contributed by atoms with E-state index in [1.807, 2.05) is 26.2 Å². The zero-order valence-corrected chi connectivity index (χ0v) is 14.3. The average molecular weight is 333 g/mol. The SMILES string of the molecule is C=CCC(C=C)\N=C/C(=C\C(C)=C\NC)c1ccc(F)c(Cl)c1. The number of halogens is 2. The number of aliphatic imine (C=N–C) groups is 1. The summed E-state index contributed by atoms with van der Waals surface area (Å²) in [4.78, 5) is 4.51. The summed E-state index contributed by atoms with van der Waals surface area (Å²) >= 11 is 5.89. The number of nitrogens with zero attached hydrogens (tertiary/aromatic N) is 1. The Morgan fingerprint density at radius 2 is 2.17 bits per heavy atom. The van der Waals surface area contributed by atoms with Crippen molar-refractivity contribution in [3.63, 3.8) is 0 Å². The first kappa shape index (κ1) is 18.9. The van der Waals surface area contributed by atoms with Crippen molar-refractivity contribution in [1.29, 1.82) is 0 Å². The van der Waals surface area contributed by atoms with Gasteiger partial charge in [0.1, 0.15) is 5.82 Å². The standard InChI is InChI=1S/C19H22ClFN2/c1-5-7-17(6-2)23-13-16(10-14(3)12-22-4)15-8-9-19(21)18(20)11-15/h5-6,8-13,17,22H,1-2,7H2,3-4H3/b14-12+,16-10+,23-13-. The van der Waals surface area contributed by atoms with Crippen LogP contribution in [-0.2, 0) is 0 Å². The third-order valence-electron chi connectivity index (χ3n) is 3.09. The summed E-state index contributed by atoms with van der Waals surface area (Å²) in [7, 11) is 1.83. The second kappa shape index (κ2) is 9.80. The Labute approximate surface area is 142 Å². The fourth-order valence-corrected chi connectivity index (χ4v) is 2.13. The highest BCUT2D eigenvalue weighted by atomic mass is 35.5. The molecule has 1 unspecified atom stereocenters. The molecule has 0 aliphatic rings. The Morgan fingerprint density at radius 1 is 1.43 bits per heavy atom. The predicted octanol–water partition coefficient (Wildman–Crippen LogP) is 5.19. The second-order valence-electron chi connectivity index (χ2n) is 5.01. The second-order valence-corrected chi connectivity index (χ2v) is 5.42. The Bertz CT molecular complexity index is 645. The van der Waals surface area contributed by atoms with Crippen LogP contribution >= 0.6 is 11.6 Å². The van der Waals surface area contributed by atoms with Gasteiger partial charge in [0.15, 0.2) is 0 Å². The van der Waals surface area contributed by atoms with Crippen LogP contribution in [0.2, 0.25) is 5.02 Å². The smallest absolute Gasteiger partial charge is 0.141 e. The van der Waals surface area contributed by atoms with Crippen LogP contribution in [0.25, 0.3) is 5.57 Å². The number of nitrogens with one attached hydrogen (secondary N) is 1. The van der Waals surface area contributed by atoms with E-state index in [1.54, 1.807) is 30.5 Å². The highest BCUT2D eigenvalue weighted by Crippen LogP contribution is 2.22. The predicted molar refractivity (Wildman–Crippen MR) is 99.5 cm³/mol. The van der Waals surface area contributed by atoms with Gasteiger partial charge in [-0.1, -0.05) is 29.8 Å². The molecule has 0 saturated heterocycles. The maximum Gasteiger partial charge on any atom is 0.141 e. The van der Waals surface area contributed by atoms with Crippen molar-refractivity contribution in [1.82, 2.24) is 5.32 Å². The molecule has 0 heterocycles. The van der Waals surface area contributed by atoms with Gasteiger partial charge in [-0.25, -0.2) is 4.39 Å². The Hall–Kier alpha value is -2.13. The molecule has 4 heteroatoms. The fourth-order valence-electron chi connectivity index (χ4n) is 1.95. The van der Waals surface area contributed by atoms with Gasteiger partial charge in [-0.05, 0) is 54.5 Å². The lowest BCUT2D eigenvalue weighted by molar-refractivity contribution is 0.628. The van der Waals surface area contributed by atoms with Crippen molar-refractivity contribution in [2.75, 3.05) is 7.05 Å². The molecule has 1 N–H and O–H groups in total. The lowest BCUT2D eigenvalue weighted by atomic mass is 10.0. The number of hydrogen-bond acceptors (Lipinski definition) is 2. The molecule has 23 heavy (non-hydrogen) atoms. The van der Waals surface area contributed by atoms with Crippen molar-refractivity contribution in [2.45, 2.75) is 19.4 Å². The molecule has 0 bridgehead atoms. The summed E-state index contributed by atoms with van der Waals surface area (Å²) in [6.45, 7) is 9.45. The number of rotatable bonds is 8. The molecule has 1 atom stereocenters. The van der Waals surface area contributed by atoms with Crippen LogP contribution in [0.3, 0.4) is 0 Å². The summed E-state index contributed by atoms with van der Waals surface area (Å²) in [6.07, 6.45) is 9.86. The van der Waals surface area contributed by atoms with Gasteiger partial charge in [-0.2, -0.15) is 0 Å². The normalized spacial score (nSPS) is 13.9. The highest BCUT2D eigenvalue weighted by molar-refractivity contribution is 6.31. The van der Waals surface area contributed by atoms with Gasteiger partial charge in [0, 0.05) is 13.3 Å². The zero-order valence-electron chi connectivity index (χ0n) is 13.5. The van der Waals surface area contributed by atoms with Gasteiger partial charge < -0.3 is 5.32 Å². The van der Waals surface area contributed by atoms with E-state index in [2.05, 4.69) is 23.5 Å². The van der Waals surface area contributed by atoms with Gasteiger partial charge in [0.2, 0.25) is 0 Å². The Balaban J connectivity index is 3.23. The van der Waals surface area contributed by atoms with E-state index < -0.39 is 5.82 Å². The molecule has 0 fully saturated rings. The van der Waals surface area contributed by atoms with E-state index >= 15 is 0 Å². The molecule has 1 rings (SSSR count). The van der Waals surface area contributed by atoms with Crippen LogP contribution in [0.15, 0.2) is 66.4 Å². The van der Waals surface area contributed by atoms with Gasteiger partial charge in [0.25, 0.3) is 0 Å². The fraction of sp³-hybridized carbons (Fsp3) is 0.211. The van der Waals surface area contributed by atoms with E-state index in [0.717, 1.165) is 16.7 Å². The number of hydrogen-bond donors (Lipinski definition) is 1. The Morgan fingerprint density at radius 3 is 2.74 bits per heavy atom. The lowest BCUT2D eigenvalue weighted by Gasteiger charge is -2.07. The summed E-state index contributed by atoms with van der Waals surface area (Å²) in [5, 5.41) is 3.06. The molecular weight excluding hydrogens is 311 g/mol. The molecular formula is C19H22ClFN2. The molecule has 0 radical (unpaired) electrons. The van der Waals surface area contributed by atoms with E-state index in [-0.39, 0.29) is 11.1 Å². The van der Waals surface area contributed by atoms with Crippen LogP contribution < -0.4 is 5.32 Å². The number of benzene rings is 1. The minimum absolute atomic E-state index is 0.0413. The molecule has 122 valence electrons. The van der Waals surface area contributed by atoms with E-state index in [4.69, 9.17) is 11.6 Å². The van der Waals surface area contributed by atoms with Gasteiger partial charge in [0.05, 0.1) is 11.1 Å². The van der Waals surface area contributed by atoms with Crippen molar-refractivity contribution in [3.05, 3.63) is 77.8 Å². The molecule has 0 amide bonds. The van der Waals surface area contributed by atoms with E-state index in [9.17, 15) is 4.39 Å². The van der Waals surface area contributed by atoms with E-state index in [1.165, 1.54) is 6.07 Å². The first-order valence-corrected chi connectivity index (χ1v) is 7.67. The van der Waals surface area contributed by atoms with Crippen molar-refractivity contribution in [2.24, 2.45) is 4.99 Å². The zero-order chi connectivity index (χ0) is 17.2. The number of allylic oxidation sites excluding steroid dienone is 3. The van der Waals surface area contributed by atoms with Crippen LogP contribution in [0.4, 0.5) is 4.39 Å². The first-order valence-electron chi connectivity index (χ1n) is 7.29. The van der Waals surface area contributed by atoms with Crippen molar-refractivity contribution >= 4 is 23.4 Å². The van der Waals surface area contributed by atoms with Crippen LogP contribution in [0, 0.1) is 5.82 Å². The monoisotopic (exact) mass is 332 g/mol. The Kier molecular flexibility index (Phi) is 8.06. The molecule has 0 spiro atoms. The summed E-state index contributed by atoms with van der Waals surface area (Å²) in [6, 6.07) is 4.59. The summed E-state index contributed by atoms with van der Waals surface area (Å²) in [5.41, 5.74) is 2.64. The third kappa shape index (κ3) is 6.25. The molecule has 0 aliphatic carbocycles. The summed E-state index contributed by atoms with van der Waals surface area (Å²) in [5.74, 6) is -0.440. The summed E-state index contributed by atoms with van der Waals surface area (Å²) < 4.78 is 13.4. The quantitative estimate of drug-likeness (QED) is 0.395. The molecule has 1 aromatic carbocycles. The van der Waals surface area contributed by atoms with Crippen LogP contribution in [0.1, 0.15) is 18.9 Å². The minimum atomic E-state index is -0.440. The topological polar surface area (TPSA) is 24.4 Å². The lowest BCUT2D eigenvalue weighted by Crippen LogP contribution is -1.99. The highest BCUT2D eigenvalue weighted by Gasteiger charge is 2.05. The molecule has 0 saturated carbocycles. The maximum absolute atomic E-state index is 13.4. The van der Waals surface area contributed by atoms with Crippen LogP contribution in [-0.4, -0.2) is 19.3 Å².